The van der Waals surface area contributed by atoms with Crippen LogP contribution in [0.3, 0.4) is 0 Å². The number of unbranched alkanes of at least 4 members (excludes halogenated alkanes) is 15. The molecule has 0 radical (unpaired) electrons. The highest BCUT2D eigenvalue weighted by atomic mass is 16.2. The molecule has 4 nitrogen and oxygen atoms in total. The molecule has 0 bridgehead atoms. The largest absolute Gasteiger partial charge is 0.373 e. The second-order valence-corrected chi connectivity index (χ2v) is 9.24. The highest BCUT2D eigenvalue weighted by Gasteiger charge is 2.02. The predicted octanol–water partition coefficient (Wildman–Crippen LogP) is 7.68. The number of urea groups is 1. The number of nitrogens with zero attached hydrogens (tertiary/aromatic N) is 1. The van der Waals surface area contributed by atoms with E-state index in [1.807, 2.05) is 25.2 Å². The van der Waals surface area contributed by atoms with Gasteiger partial charge in [-0.2, -0.15) is 0 Å². The first kappa shape index (κ1) is 28.3. The third-order valence-corrected chi connectivity index (χ3v) is 6.25. The van der Waals surface area contributed by atoms with Gasteiger partial charge in [0.15, 0.2) is 0 Å². The third kappa shape index (κ3) is 16.9. The van der Waals surface area contributed by atoms with Gasteiger partial charge < -0.3 is 15.5 Å². The van der Waals surface area contributed by atoms with Crippen molar-refractivity contribution in [2.24, 2.45) is 0 Å². The second kappa shape index (κ2) is 21.2. The molecule has 0 atom stereocenters. The Morgan fingerprint density at radius 2 is 1.09 bits per heavy atom. The van der Waals surface area contributed by atoms with E-state index >= 15 is 0 Å². The highest BCUT2D eigenvalue weighted by Crippen LogP contribution is 2.13. The quantitative estimate of drug-likeness (QED) is 0.191. The Kier molecular flexibility index (Phi) is 18.7. The van der Waals surface area contributed by atoms with Gasteiger partial charge in [-0.05, 0) is 18.6 Å². The van der Waals surface area contributed by atoms with Crippen LogP contribution in [0.15, 0.2) is 30.3 Å². The minimum absolute atomic E-state index is 0.0487. The Labute approximate surface area is 198 Å². The molecule has 0 spiro atoms. The number of likely N-dealkylation sites (N-methyl/N-ethyl adjacent to an activating group) is 1. The summed E-state index contributed by atoms with van der Waals surface area (Å²) in [7, 11) is 2.05. The Balaban J connectivity index is 1.78. The number of hydrogen-bond donors (Lipinski definition) is 2. The Hall–Kier alpha value is -1.71. The SMILES string of the molecule is CCCCCCCCCCCCCCCCCCNC(=O)NCCN(C)c1ccccc1. The fourth-order valence-corrected chi connectivity index (χ4v) is 4.09. The van der Waals surface area contributed by atoms with Crippen LogP contribution < -0.4 is 15.5 Å². The van der Waals surface area contributed by atoms with Crippen molar-refractivity contribution in [2.45, 2.75) is 110 Å². The van der Waals surface area contributed by atoms with Crippen molar-refractivity contribution in [3.05, 3.63) is 30.3 Å². The Morgan fingerprint density at radius 3 is 1.59 bits per heavy atom. The molecule has 0 aliphatic heterocycles. The summed E-state index contributed by atoms with van der Waals surface area (Å²) >= 11 is 0. The van der Waals surface area contributed by atoms with E-state index < -0.39 is 0 Å². The maximum Gasteiger partial charge on any atom is 0.314 e. The van der Waals surface area contributed by atoms with E-state index in [4.69, 9.17) is 0 Å². The van der Waals surface area contributed by atoms with E-state index in [1.54, 1.807) is 0 Å². The number of benzene rings is 1. The summed E-state index contributed by atoms with van der Waals surface area (Å²) in [5.74, 6) is 0. The molecule has 1 aromatic carbocycles. The molecule has 0 aromatic heterocycles. The molecule has 2 N–H and O–H groups in total. The van der Waals surface area contributed by atoms with Gasteiger partial charge in [-0.1, -0.05) is 121 Å². The molecule has 0 fully saturated rings. The lowest BCUT2D eigenvalue weighted by Gasteiger charge is -2.19. The van der Waals surface area contributed by atoms with Crippen LogP contribution in [0.5, 0.6) is 0 Å². The predicted molar refractivity (Wildman–Crippen MR) is 141 cm³/mol. The summed E-state index contributed by atoms with van der Waals surface area (Å²) < 4.78 is 0. The second-order valence-electron chi connectivity index (χ2n) is 9.24. The zero-order valence-corrected chi connectivity index (χ0v) is 21.2. The molecule has 0 heterocycles. The number of para-hydroxylation sites is 1. The van der Waals surface area contributed by atoms with Crippen LogP contribution in [0.4, 0.5) is 10.5 Å². The lowest BCUT2D eigenvalue weighted by atomic mass is 10.0. The van der Waals surface area contributed by atoms with E-state index in [0.29, 0.717) is 6.54 Å². The molecule has 32 heavy (non-hydrogen) atoms. The molecule has 0 saturated heterocycles. The van der Waals surface area contributed by atoms with Crippen molar-refractivity contribution >= 4 is 11.7 Å². The van der Waals surface area contributed by atoms with Gasteiger partial charge in [-0.15, -0.1) is 0 Å². The lowest BCUT2D eigenvalue weighted by Crippen LogP contribution is -2.40. The molecule has 1 rings (SSSR count). The first-order chi connectivity index (χ1) is 15.7. The van der Waals surface area contributed by atoms with E-state index in [1.165, 1.54) is 102 Å². The molecule has 0 saturated carbocycles. The molecular formula is C28H51N3O. The molecule has 184 valence electrons. The number of carbonyl (C=O) groups excluding carboxylic acids is 1. The fraction of sp³-hybridized carbons (Fsp3) is 0.750. The highest BCUT2D eigenvalue weighted by molar-refractivity contribution is 5.73. The zero-order valence-electron chi connectivity index (χ0n) is 21.2. The normalized spacial score (nSPS) is 10.8. The van der Waals surface area contributed by atoms with Crippen molar-refractivity contribution in [1.82, 2.24) is 10.6 Å². The monoisotopic (exact) mass is 445 g/mol. The van der Waals surface area contributed by atoms with Crippen LogP contribution >= 0.6 is 0 Å². The zero-order chi connectivity index (χ0) is 23.1. The fourth-order valence-electron chi connectivity index (χ4n) is 4.09. The van der Waals surface area contributed by atoms with Crippen LogP contribution in [0.2, 0.25) is 0 Å². The Morgan fingerprint density at radius 1 is 0.656 bits per heavy atom. The van der Waals surface area contributed by atoms with Gasteiger partial charge in [0.1, 0.15) is 0 Å². The Bertz CT molecular complexity index is 535. The van der Waals surface area contributed by atoms with Crippen LogP contribution in [-0.2, 0) is 0 Å². The standard InChI is InChI=1S/C28H51N3O/c1-3-4-5-6-7-8-9-10-11-12-13-14-15-16-17-21-24-29-28(32)30-25-26-31(2)27-22-19-18-20-23-27/h18-20,22-23H,3-17,21,24-26H2,1-2H3,(H2,29,30,32). The number of hydrogen-bond acceptors (Lipinski definition) is 2. The summed E-state index contributed by atoms with van der Waals surface area (Å²) in [6.45, 7) is 4.51. The van der Waals surface area contributed by atoms with Gasteiger partial charge in [0.05, 0.1) is 0 Å². The van der Waals surface area contributed by atoms with Gasteiger partial charge in [0, 0.05) is 32.4 Å². The summed E-state index contributed by atoms with van der Waals surface area (Å²) in [5, 5.41) is 5.92. The number of carbonyl (C=O) groups is 1. The van der Waals surface area contributed by atoms with E-state index in [9.17, 15) is 4.79 Å². The van der Waals surface area contributed by atoms with Gasteiger partial charge in [-0.3, -0.25) is 0 Å². The number of nitrogens with one attached hydrogen (secondary N) is 2. The lowest BCUT2D eigenvalue weighted by molar-refractivity contribution is 0.241. The van der Waals surface area contributed by atoms with E-state index in [0.717, 1.165) is 19.5 Å². The molecule has 1 aromatic rings. The van der Waals surface area contributed by atoms with Gasteiger partial charge in [-0.25, -0.2) is 4.79 Å². The van der Waals surface area contributed by atoms with Crippen molar-refractivity contribution in [3.8, 4) is 0 Å². The minimum Gasteiger partial charge on any atom is -0.373 e. The maximum atomic E-state index is 11.9. The van der Waals surface area contributed by atoms with Gasteiger partial charge in [0.25, 0.3) is 0 Å². The van der Waals surface area contributed by atoms with E-state index in [-0.39, 0.29) is 6.03 Å². The molecule has 2 amide bonds. The number of rotatable bonds is 21. The molecule has 4 heteroatoms. The van der Waals surface area contributed by atoms with Gasteiger partial charge >= 0.3 is 6.03 Å². The molecule has 0 aliphatic rings. The van der Waals surface area contributed by atoms with Crippen molar-refractivity contribution < 1.29 is 4.79 Å². The molecular weight excluding hydrogens is 394 g/mol. The summed E-state index contributed by atoms with van der Waals surface area (Å²) in [6.07, 6.45) is 22.0. The minimum atomic E-state index is -0.0487. The third-order valence-electron chi connectivity index (χ3n) is 6.25. The smallest absolute Gasteiger partial charge is 0.314 e. The molecule has 0 unspecified atom stereocenters. The summed E-state index contributed by atoms with van der Waals surface area (Å²) in [4.78, 5) is 14.0. The number of amides is 2. The first-order valence-electron chi connectivity index (χ1n) is 13.5. The molecule has 0 aliphatic carbocycles. The van der Waals surface area contributed by atoms with Crippen LogP contribution in [0.1, 0.15) is 110 Å². The van der Waals surface area contributed by atoms with Crippen LogP contribution in [-0.4, -0.2) is 32.7 Å². The first-order valence-corrected chi connectivity index (χ1v) is 13.5. The van der Waals surface area contributed by atoms with Crippen molar-refractivity contribution in [1.29, 1.82) is 0 Å². The maximum absolute atomic E-state index is 11.9. The van der Waals surface area contributed by atoms with Crippen molar-refractivity contribution in [3.63, 3.8) is 0 Å². The van der Waals surface area contributed by atoms with Gasteiger partial charge in [0.2, 0.25) is 0 Å². The van der Waals surface area contributed by atoms with Crippen LogP contribution in [0, 0.1) is 0 Å². The van der Waals surface area contributed by atoms with Crippen molar-refractivity contribution in [2.75, 3.05) is 31.6 Å². The average Bonchev–Trinajstić information content (AvgIpc) is 2.81. The number of anilines is 1. The summed E-state index contributed by atoms with van der Waals surface area (Å²) in [6, 6.07) is 10.2. The van der Waals surface area contributed by atoms with E-state index in [2.05, 4.69) is 34.6 Å². The van der Waals surface area contributed by atoms with Crippen LogP contribution in [0.25, 0.3) is 0 Å². The topological polar surface area (TPSA) is 44.4 Å². The average molecular weight is 446 g/mol. The summed E-state index contributed by atoms with van der Waals surface area (Å²) in [5.41, 5.74) is 1.17.